The topological polar surface area (TPSA) is 66.4 Å². The van der Waals surface area contributed by atoms with E-state index in [4.69, 9.17) is 28.3 Å². The van der Waals surface area contributed by atoms with Crippen LogP contribution in [0.15, 0.2) is 17.0 Å². The molecule has 0 aromatic heterocycles. The van der Waals surface area contributed by atoms with E-state index in [-0.39, 0.29) is 27.6 Å². The lowest BCUT2D eigenvalue weighted by Crippen LogP contribution is -2.27. The SMILES string of the molecule is CC1CC1NS(=O)(=O)c1cc(CO)c(Cl)cc1Cl. The number of halogens is 2. The Kier molecular flexibility index (Phi) is 3.90. The summed E-state index contributed by atoms with van der Waals surface area (Å²) < 4.78 is 26.8. The predicted octanol–water partition coefficient (Wildman–Crippen LogP) is 2.17. The van der Waals surface area contributed by atoms with Crippen molar-refractivity contribution in [2.24, 2.45) is 5.92 Å². The Morgan fingerprint density at radius 1 is 1.39 bits per heavy atom. The van der Waals surface area contributed by atoms with E-state index in [1.54, 1.807) is 0 Å². The number of rotatable bonds is 4. The van der Waals surface area contributed by atoms with Crippen molar-refractivity contribution in [1.29, 1.82) is 0 Å². The first-order chi connectivity index (χ1) is 8.35. The maximum atomic E-state index is 12.1. The largest absolute Gasteiger partial charge is 0.392 e. The third kappa shape index (κ3) is 2.81. The van der Waals surface area contributed by atoms with Crippen molar-refractivity contribution < 1.29 is 13.5 Å². The van der Waals surface area contributed by atoms with Gasteiger partial charge in [0.05, 0.1) is 11.6 Å². The van der Waals surface area contributed by atoms with Crippen LogP contribution in [0.2, 0.25) is 10.0 Å². The molecule has 1 aliphatic rings. The van der Waals surface area contributed by atoms with E-state index in [9.17, 15) is 8.42 Å². The highest BCUT2D eigenvalue weighted by atomic mass is 35.5. The molecule has 2 atom stereocenters. The zero-order valence-electron chi connectivity index (χ0n) is 9.65. The number of aliphatic hydroxyl groups excluding tert-OH is 1. The van der Waals surface area contributed by atoms with Crippen molar-refractivity contribution in [2.75, 3.05) is 0 Å². The average molecular weight is 310 g/mol. The second-order valence-electron chi connectivity index (χ2n) is 4.47. The molecule has 2 rings (SSSR count). The molecule has 0 saturated heterocycles. The molecule has 1 aromatic rings. The normalized spacial score (nSPS) is 23.1. The number of hydrogen-bond acceptors (Lipinski definition) is 3. The molecule has 4 nitrogen and oxygen atoms in total. The van der Waals surface area contributed by atoms with E-state index < -0.39 is 10.0 Å². The highest BCUT2D eigenvalue weighted by Crippen LogP contribution is 2.33. The van der Waals surface area contributed by atoms with Gasteiger partial charge in [-0.25, -0.2) is 13.1 Å². The van der Waals surface area contributed by atoms with Gasteiger partial charge in [-0.1, -0.05) is 30.1 Å². The molecule has 0 aliphatic heterocycles. The fraction of sp³-hybridized carbons (Fsp3) is 0.455. The summed E-state index contributed by atoms with van der Waals surface area (Å²) in [6.45, 7) is 1.63. The van der Waals surface area contributed by atoms with Crippen LogP contribution in [0.5, 0.6) is 0 Å². The number of benzene rings is 1. The van der Waals surface area contributed by atoms with Gasteiger partial charge in [0.1, 0.15) is 4.90 Å². The third-order valence-corrected chi connectivity index (χ3v) is 5.28. The monoisotopic (exact) mass is 309 g/mol. The minimum Gasteiger partial charge on any atom is -0.392 e. The molecule has 18 heavy (non-hydrogen) atoms. The van der Waals surface area contributed by atoms with Crippen molar-refractivity contribution in [3.63, 3.8) is 0 Å². The Hall–Kier alpha value is -0.330. The summed E-state index contributed by atoms with van der Waals surface area (Å²) in [6, 6.07) is 2.61. The summed E-state index contributed by atoms with van der Waals surface area (Å²) in [5.74, 6) is 0.350. The summed E-state index contributed by atoms with van der Waals surface area (Å²) in [7, 11) is -3.66. The minimum absolute atomic E-state index is 0.0284. The Labute approximate surface area is 116 Å². The van der Waals surface area contributed by atoms with Crippen molar-refractivity contribution in [3.05, 3.63) is 27.7 Å². The maximum Gasteiger partial charge on any atom is 0.242 e. The first-order valence-electron chi connectivity index (χ1n) is 5.46. The molecule has 1 aromatic carbocycles. The van der Waals surface area contributed by atoms with E-state index in [1.165, 1.54) is 12.1 Å². The van der Waals surface area contributed by atoms with Crippen LogP contribution in [0.4, 0.5) is 0 Å². The van der Waals surface area contributed by atoms with Gasteiger partial charge < -0.3 is 5.11 Å². The third-order valence-electron chi connectivity index (χ3n) is 2.98. The van der Waals surface area contributed by atoms with E-state index in [2.05, 4.69) is 4.72 Å². The van der Waals surface area contributed by atoms with Crippen LogP contribution in [0, 0.1) is 5.92 Å². The average Bonchev–Trinajstić information content (AvgIpc) is 2.92. The highest BCUT2D eigenvalue weighted by molar-refractivity contribution is 7.89. The number of aliphatic hydroxyl groups is 1. The number of hydrogen-bond donors (Lipinski definition) is 2. The molecule has 2 unspecified atom stereocenters. The van der Waals surface area contributed by atoms with Crippen molar-refractivity contribution >= 4 is 33.2 Å². The summed E-state index contributed by atoms with van der Waals surface area (Å²) >= 11 is 11.7. The van der Waals surface area contributed by atoms with Crippen LogP contribution in [0.3, 0.4) is 0 Å². The number of sulfonamides is 1. The van der Waals surface area contributed by atoms with Crippen LogP contribution in [0.1, 0.15) is 18.9 Å². The van der Waals surface area contributed by atoms with E-state index in [1.807, 2.05) is 6.92 Å². The molecular formula is C11H13Cl2NO3S. The molecule has 0 amide bonds. The van der Waals surface area contributed by atoms with Gasteiger partial charge in [-0.2, -0.15) is 0 Å². The Bertz CT molecular complexity index is 574. The lowest BCUT2D eigenvalue weighted by atomic mass is 10.2. The first kappa shape index (κ1) is 14.1. The summed E-state index contributed by atoms with van der Waals surface area (Å²) in [4.78, 5) is -0.0447. The van der Waals surface area contributed by atoms with Crippen LogP contribution in [-0.2, 0) is 16.6 Å². The highest BCUT2D eigenvalue weighted by Gasteiger charge is 2.37. The van der Waals surface area contributed by atoms with Crippen molar-refractivity contribution in [3.8, 4) is 0 Å². The van der Waals surface area contributed by atoms with Gasteiger partial charge in [0, 0.05) is 11.1 Å². The molecule has 100 valence electrons. The van der Waals surface area contributed by atoms with Crippen LogP contribution < -0.4 is 4.72 Å². The minimum atomic E-state index is -3.66. The molecule has 1 aliphatic carbocycles. The quantitative estimate of drug-likeness (QED) is 0.896. The zero-order valence-corrected chi connectivity index (χ0v) is 12.0. The fourth-order valence-corrected chi connectivity index (χ4v) is 3.86. The van der Waals surface area contributed by atoms with Gasteiger partial charge in [0.2, 0.25) is 10.0 Å². The molecular weight excluding hydrogens is 297 g/mol. The molecule has 1 fully saturated rings. The lowest BCUT2D eigenvalue weighted by Gasteiger charge is -2.10. The van der Waals surface area contributed by atoms with Gasteiger partial charge >= 0.3 is 0 Å². The van der Waals surface area contributed by atoms with Gasteiger partial charge in [0.15, 0.2) is 0 Å². The Balaban J connectivity index is 2.37. The molecule has 0 bridgehead atoms. The van der Waals surface area contributed by atoms with Gasteiger partial charge in [-0.15, -0.1) is 0 Å². The Morgan fingerprint density at radius 2 is 2.00 bits per heavy atom. The van der Waals surface area contributed by atoms with Crippen LogP contribution in [-0.4, -0.2) is 19.6 Å². The maximum absolute atomic E-state index is 12.1. The molecule has 0 spiro atoms. The fourth-order valence-electron chi connectivity index (χ4n) is 1.65. The molecule has 0 heterocycles. The van der Waals surface area contributed by atoms with Crippen LogP contribution in [0.25, 0.3) is 0 Å². The summed E-state index contributed by atoms with van der Waals surface area (Å²) in [6.07, 6.45) is 0.831. The first-order valence-corrected chi connectivity index (χ1v) is 7.70. The lowest BCUT2D eigenvalue weighted by molar-refractivity contribution is 0.281. The van der Waals surface area contributed by atoms with Crippen molar-refractivity contribution in [1.82, 2.24) is 4.72 Å². The second kappa shape index (κ2) is 4.98. The predicted molar refractivity (Wildman–Crippen MR) is 70.3 cm³/mol. The van der Waals surface area contributed by atoms with Gasteiger partial charge in [-0.05, 0) is 30.0 Å². The van der Waals surface area contributed by atoms with Gasteiger partial charge in [-0.3, -0.25) is 0 Å². The van der Waals surface area contributed by atoms with Gasteiger partial charge in [0.25, 0.3) is 0 Å². The zero-order chi connectivity index (χ0) is 13.5. The molecule has 1 saturated carbocycles. The van der Waals surface area contributed by atoms with Crippen molar-refractivity contribution in [2.45, 2.75) is 30.9 Å². The Morgan fingerprint density at radius 3 is 2.50 bits per heavy atom. The van der Waals surface area contributed by atoms with E-state index in [0.717, 1.165) is 6.42 Å². The standard InChI is InChI=1S/C11H13Cl2NO3S/c1-6-2-10(6)14-18(16,17)11-3-7(5-15)8(12)4-9(11)13/h3-4,6,10,14-15H,2,5H2,1H3. The molecule has 2 N–H and O–H groups in total. The van der Waals surface area contributed by atoms with Crippen LogP contribution >= 0.6 is 23.2 Å². The second-order valence-corrected chi connectivity index (χ2v) is 6.97. The summed E-state index contributed by atoms with van der Waals surface area (Å²) in [5, 5.41) is 9.40. The molecule has 0 radical (unpaired) electrons. The number of nitrogens with one attached hydrogen (secondary N) is 1. The molecule has 7 heteroatoms. The van der Waals surface area contributed by atoms with E-state index >= 15 is 0 Å². The van der Waals surface area contributed by atoms with E-state index in [0.29, 0.717) is 11.5 Å². The smallest absolute Gasteiger partial charge is 0.242 e. The summed E-state index contributed by atoms with van der Waals surface area (Å²) in [5.41, 5.74) is 0.338.